The Labute approximate surface area is 114 Å². The van der Waals surface area contributed by atoms with E-state index in [9.17, 15) is 9.59 Å². The number of hydrogen-bond acceptors (Lipinski definition) is 5. The molecule has 2 aromatic rings. The van der Waals surface area contributed by atoms with Gasteiger partial charge in [0, 0.05) is 20.1 Å². The van der Waals surface area contributed by atoms with Crippen LogP contribution in [-0.4, -0.2) is 37.4 Å². The first-order valence-corrected chi connectivity index (χ1v) is 6.25. The van der Waals surface area contributed by atoms with Gasteiger partial charge in [0.05, 0.1) is 6.61 Å². The predicted molar refractivity (Wildman–Crippen MR) is 76.0 cm³/mol. The van der Waals surface area contributed by atoms with Gasteiger partial charge in [-0.2, -0.15) is 4.98 Å². The van der Waals surface area contributed by atoms with Crippen molar-refractivity contribution in [2.75, 3.05) is 18.5 Å². The number of nitrogens with one attached hydrogen (secondary N) is 2. The van der Waals surface area contributed by atoms with Crippen LogP contribution in [0, 0.1) is 0 Å². The second kappa shape index (κ2) is 5.74. The largest absolute Gasteiger partial charge is 0.395 e. The number of imidazole rings is 1. The lowest BCUT2D eigenvalue weighted by Gasteiger charge is -2.06. The van der Waals surface area contributed by atoms with Gasteiger partial charge in [-0.15, -0.1) is 0 Å². The molecule has 3 N–H and O–H groups in total. The van der Waals surface area contributed by atoms with Crippen LogP contribution in [0.25, 0.3) is 11.2 Å². The summed E-state index contributed by atoms with van der Waals surface area (Å²) < 4.78 is 2.95. The van der Waals surface area contributed by atoms with Crippen molar-refractivity contribution in [2.45, 2.75) is 13.5 Å². The van der Waals surface area contributed by atoms with E-state index in [0.29, 0.717) is 30.2 Å². The molecule has 0 aliphatic carbocycles. The summed E-state index contributed by atoms with van der Waals surface area (Å²) in [7, 11) is 1.55. The minimum atomic E-state index is -0.508. The maximum absolute atomic E-state index is 12.0. The molecular formula is C12H17N5O3. The average molecular weight is 279 g/mol. The number of aliphatic hydroxyl groups is 1. The summed E-state index contributed by atoms with van der Waals surface area (Å²) in [5.74, 6) is 0.443. The average Bonchev–Trinajstić information content (AvgIpc) is 2.79. The van der Waals surface area contributed by atoms with E-state index < -0.39 is 11.2 Å². The zero-order chi connectivity index (χ0) is 14.7. The van der Waals surface area contributed by atoms with Gasteiger partial charge in [-0.05, 0) is 6.92 Å². The number of fused-ring (bicyclic) bond motifs is 1. The van der Waals surface area contributed by atoms with Crippen LogP contribution in [0.15, 0.2) is 21.7 Å². The van der Waals surface area contributed by atoms with Crippen LogP contribution >= 0.6 is 0 Å². The van der Waals surface area contributed by atoms with Gasteiger partial charge in [-0.1, -0.05) is 12.2 Å². The van der Waals surface area contributed by atoms with E-state index in [0.717, 1.165) is 0 Å². The van der Waals surface area contributed by atoms with Crippen molar-refractivity contribution in [3.63, 3.8) is 0 Å². The second-order valence-electron chi connectivity index (χ2n) is 4.26. The molecule has 2 aromatic heterocycles. The minimum absolute atomic E-state index is 0.0535. The molecule has 0 aliphatic rings. The van der Waals surface area contributed by atoms with Crippen molar-refractivity contribution in [2.24, 2.45) is 7.05 Å². The predicted octanol–water partition coefficient (Wildman–Crippen LogP) is -0.596. The number of allylic oxidation sites excluding steroid dienone is 2. The standard InChI is InChI=1S/C12H17N5O3/c1-3-4-6-17-8-9(14-11(17)13-5-7-18)16(2)12(20)15-10(8)19/h3-4,18H,5-7H2,1-2H3,(H,13,14)(H,15,19,20). The van der Waals surface area contributed by atoms with Crippen LogP contribution in [0.5, 0.6) is 0 Å². The van der Waals surface area contributed by atoms with Gasteiger partial charge in [0.1, 0.15) is 0 Å². The van der Waals surface area contributed by atoms with Gasteiger partial charge in [-0.25, -0.2) is 4.79 Å². The molecule has 2 rings (SSSR count). The van der Waals surface area contributed by atoms with Crippen LogP contribution in [-0.2, 0) is 13.6 Å². The lowest BCUT2D eigenvalue weighted by molar-refractivity contribution is 0.310. The second-order valence-corrected chi connectivity index (χ2v) is 4.26. The molecule has 0 fully saturated rings. The van der Waals surface area contributed by atoms with Crippen molar-refractivity contribution >= 4 is 17.1 Å². The van der Waals surface area contributed by atoms with Crippen LogP contribution in [0.2, 0.25) is 0 Å². The van der Waals surface area contributed by atoms with Gasteiger partial charge in [-0.3, -0.25) is 14.3 Å². The Morgan fingerprint density at radius 2 is 2.20 bits per heavy atom. The van der Waals surface area contributed by atoms with Crippen molar-refractivity contribution in [3.8, 4) is 0 Å². The number of H-pyrrole nitrogens is 1. The van der Waals surface area contributed by atoms with Crippen molar-refractivity contribution < 1.29 is 5.11 Å². The first-order valence-electron chi connectivity index (χ1n) is 6.25. The molecule has 0 radical (unpaired) electrons. The van der Waals surface area contributed by atoms with E-state index in [1.54, 1.807) is 11.6 Å². The van der Waals surface area contributed by atoms with E-state index in [-0.39, 0.29) is 6.61 Å². The van der Waals surface area contributed by atoms with Crippen molar-refractivity contribution in [3.05, 3.63) is 33.0 Å². The van der Waals surface area contributed by atoms with Crippen molar-refractivity contribution in [1.29, 1.82) is 0 Å². The highest BCUT2D eigenvalue weighted by molar-refractivity contribution is 5.74. The first-order chi connectivity index (χ1) is 9.60. The third-order valence-corrected chi connectivity index (χ3v) is 2.93. The smallest absolute Gasteiger partial charge is 0.329 e. The Bertz CT molecular complexity index is 753. The van der Waals surface area contributed by atoms with Gasteiger partial charge in [0.2, 0.25) is 5.95 Å². The maximum atomic E-state index is 12.0. The van der Waals surface area contributed by atoms with E-state index in [1.165, 1.54) is 4.57 Å². The zero-order valence-corrected chi connectivity index (χ0v) is 11.4. The molecule has 0 bridgehead atoms. The summed E-state index contributed by atoms with van der Waals surface area (Å²) in [4.78, 5) is 30.1. The molecule has 0 atom stereocenters. The number of anilines is 1. The van der Waals surface area contributed by atoms with Gasteiger partial charge < -0.3 is 15.0 Å². The number of aromatic amines is 1. The Kier molecular flexibility index (Phi) is 4.04. The minimum Gasteiger partial charge on any atom is -0.395 e. The quantitative estimate of drug-likeness (QED) is 0.634. The summed E-state index contributed by atoms with van der Waals surface area (Å²) in [6.07, 6.45) is 3.73. The Balaban J connectivity index is 2.72. The highest BCUT2D eigenvalue weighted by Crippen LogP contribution is 2.14. The van der Waals surface area contributed by atoms with E-state index in [4.69, 9.17) is 5.11 Å². The lowest BCUT2D eigenvalue weighted by Crippen LogP contribution is -2.29. The number of aromatic nitrogens is 4. The van der Waals surface area contributed by atoms with Crippen LogP contribution in [0.3, 0.4) is 0 Å². The highest BCUT2D eigenvalue weighted by Gasteiger charge is 2.16. The lowest BCUT2D eigenvalue weighted by atomic mass is 10.4. The third-order valence-electron chi connectivity index (χ3n) is 2.93. The molecule has 0 spiro atoms. The molecule has 0 amide bonds. The number of nitrogens with zero attached hydrogens (tertiary/aromatic N) is 3. The molecular weight excluding hydrogens is 262 g/mol. The molecule has 20 heavy (non-hydrogen) atoms. The molecule has 0 saturated heterocycles. The van der Waals surface area contributed by atoms with Gasteiger partial charge in [0.15, 0.2) is 11.2 Å². The SMILES string of the molecule is CC=CCn1c(NCCO)nc2c1c(=O)[nH]c(=O)n2C. The van der Waals surface area contributed by atoms with E-state index in [2.05, 4.69) is 15.3 Å². The molecule has 0 saturated carbocycles. The first kappa shape index (κ1) is 14.1. The molecule has 2 heterocycles. The fourth-order valence-corrected chi connectivity index (χ4v) is 1.93. The Hall–Kier alpha value is -2.35. The van der Waals surface area contributed by atoms with Crippen LogP contribution in [0.1, 0.15) is 6.92 Å². The van der Waals surface area contributed by atoms with Crippen molar-refractivity contribution in [1.82, 2.24) is 19.1 Å². The molecule has 8 heteroatoms. The number of aryl methyl sites for hydroxylation is 1. The highest BCUT2D eigenvalue weighted by atomic mass is 16.3. The monoisotopic (exact) mass is 279 g/mol. The normalized spacial score (nSPS) is 11.6. The summed E-state index contributed by atoms with van der Waals surface area (Å²) in [5.41, 5.74) is -0.349. The molecule has 108 valence electrons. The molecule has 8 nitrogen and oxygen atoms in total. The summed E-state index contributed by atoms with van der Waals surface area (Å²) in [6.45, 7) is 2.58. The topological polar surface area (TPSA) is 105 Å². The summed E-state index contributed by atoms with van der Waals surface area (Å²) >= 11 is 0. The molecule has 0 aromatic carbocycles. The Morgan fingerprint density at radius 3 is 2.85 bits per heavy atom. The van der Waals surface area contributed by atoms with Gasteiger partial charge >= 0.3 is 5.69 Å². The van der Waals surface area contributed by atoms with E-state index >= 15 is 0 Å². The number of rotatable bonds is 5. The Morgan fingerprint density at radius 1 is 1.45 bits per heavy atom. The molecule has 0 aliphatic heterocycles. The number of aliphatic hydroxyl groups excluding tert-OH is 1. The fourth-order valence-electron chi connectivity index (χ4n) is 1.93. The summed E-state index contributed by atoms with van der Waals surface area (Å²) in [5, 5.41) is 11.8. The van der Waals surface area contributed by atoms with Gasteiger partial charge in [0.25, 0.3) is 5.56 Å². The van der Waals surface area contributed by atoms with E-state index in [1.807, 2.05) is 19.1 Å². The van der Waals surface area contributed by atoms with Crippen LogP contribution < -0.4 is 16.6 Å². The fraction of sp³-hybridized carbons (Fsp3) is 0.417. The third kappa shape index (κ3) is 2.37. The maximum Gasteiger partial charge on any atom is 0.329 e. The number of hydrogen-bond donors (Lipinski definition) is 3. The van der Waals surface area contributed by atoms with Crippen LogP contribution in [0.4, 0.5) is 5.95 Å². The summed E-state index contributed by atoms with van der Waals surface area (Å²) in [6, 6.07) is 0. The molecule has 0 unspecified atom stereocenters. The zero-order valence-electron chi connectivity index (χ0n) is 11.4.